The number of esters is 1. The Bertz CT molecular complexity index is 785. The first-order valence-corrected chi connectivity index (χ1v) is 21.1. The third-order valence-electron chi connectivity index (χ3n) is 8.37. The number of ketones is 1. The lowest BCUT2D eigenvalue weighted by Gasteiger charge is -2.44. The molecule has 7 heteroatoms. The van der Waals surface area contributed by atoms with Gasteiger partial charge >= 0.3 is 11.9 Å². The van der Waals surface area contributed by atoms with E-state index in [9.17, 15) is 14.4 Å². The first-order chi connectivity index (χ1) is 16.4. The Hall–Kier alpha value is -1.22. The van der Waals surface area contributed by atoms with Crippen LogP contribution in [0.3, 0.4) is 0 Å². The number of hydrogen-bond donors (Lipinski definition) is 1. The molecular formula is C30H58O5Si2. The number of carboxylic acid groups (broad SMARTS) is 1. The summed E-state index contributed by atoms with van der Waals surface area (Å²) < 4.78 is 5.15. The summed E-state index contributed by atoms with van der Waals surface area (Å²) in [5.74, 6) is -0.246. The van der Waals surface area contributed by atoms with E-state index >= 15 is 0 Å². The van der Waals surface area contributed by atoms with E-state index in [1.165, 1.54) is 0 Å². The minimum atomic E-state index is -1.27. The van der Waals surface area contributed by atoms with Crippen molar-refractivity contribution in [1.82, 2.24) is 0 Å². The summed E-state index contributed by atoms with van der Waals surface area (Å²) in [4.78, 5) is 33.0. The fraction of sp³-hybridized carbons (Fsp3) is 0.833. The summed E-state index contributed by atoms with van der Waals surface area (Å²) in [5.41, 5.74) is 1.85. The summed E-state index contributed by atoms with van der Waals surface area (Å²) in [7, 11) is -2.42. The monoisotopic (exact) mass is 554 g/mol. The van der Waals surface area contributed by atoms with Crippen molar-refractivity contribution in [1.29, 1.82) is 0 Å². The topological polar surface area (TPSA) is 80.7 Å². The van der Waals surface area contributed by atoms with Crippen molar-refractivity contribution in [3.05, 3.63) is 12.7 Å². The van der Waals surface area contributed by atoms with E-state index in [4.69, 9.17) is 9.84 Å². The van der Waals surface area contributed by atoms with E-state index < -0.39 is 22.1 Å². The van der Waals surface area contributed by atoms with Gasteiger partial charge in [-0.25, -0.2) is 0 Å². The number of ether oxygens (including phenoxy) is 1. The van der Waals surface area contributed by atoms with Gasteiger partial charge in [0.2, 0.25) is 0 Å². The Morgan fingerprint density at radius 1 is 0.973 bits per heavy atom. The minimum absolute atomic E-state index is 0.00278. The van der Waals surface area contributed by atoms with Gasteiger partial charge in [0.15, 0.2) is 0 Å². The predicted octanol–water partition coefficient (Wildman–Crippen LogP) is 8.60. The second-order valence-electron chi connectivity index (χ2n) is 15.3. The molecule has 37 heavy (non-hydrogen) atoms. The van der Waals surface area contributed by atoms with Crippen LogP contribution in [-0.4, -0.2) is 45.6 Å². The van der Waals surface area contributed by atoms with Gasteiger partial charge in [0.1, 0.15) is 5.78 Å². The normalized spacial score (nSPS) is 23.8. The van der Waals surface area contributed by atoms with Crippen LogP contribution < -0.4 is 0 Å². The van der Waals surface area contributed by atoms with Crippen molar-refractivity contribution in [2.24, 2.45) is 16.2 Å². The van der Waals surface area contributed by atoms with Crippen molar-refractivity contribution in [3.8, 4) is 0 Å². The van der Waals surface area contributed by atoms with Gasteiger partial charge in [0, 0.05) is 41.8 Å². The van der Waals surface area contributed by atoms with Gasteiger partial charge < -0.3 is 9.84 Å². The molecule has 2 atom stereocenters. The fourth-order valence-corrected chi connectivity index (χ4v) is 12.4. The molecule has 2 aliphatic rings. The number of carboxylic acids is 1. The number of rotatable bonds is 6. The highest BCUT2D eigenvalue weighted by molar-refractivity contribution is 6.78. The molecular weight excluding hydrogens is 496 g/mol. The lowest BCUT2D eigenvalue weighted by atomic mass is 9.76. The van der Waals surface area contributed by atoms with Gasteiger partial charge in [-0.1, -0.05) is 86.9 Å². The number of cyclic esters (lactones) is 1. The Balaban J connectivity index is 0.000000534. The first-order valence-electron chi connectivity index (χ1n) is 14.0. The molecule has 2 rings (SSSR count). The average Bonchev–Trinajstić information content (AvgIpc) is 2.85. The lowest BCUT2D eigenvalue weighted by Crippen LogP contribution is -2.42. The standard InChI is InChI=1S/C11H22O2Si.C11H22OSi.C8H14O2/c1-11(2)6-7-13-10(12)8-9(11)14(3,4)5;1-11(2)7-6-9(12)8-10(11)13(3,4)5;1-4-8(2,3)6-5-7(9)10/h9H,6-8H2,1-5H3;10H,6-8H2,1-5H3;4H,1,5-6H2,2-3H3,(H,9,10). The highest BCUT2D eigenvalue weighted by atomic mass is 28.3. The van der Waals surface area contributed by atoms with Crippen LogP contribution in [0.25, 0.3) is 0 Å². The number of carbonyl (C=O) groups is 3. The number of hydrogen-bond acceptors (Lipinski definition) is 4. The molecule has 216 valence electrons. The van der Waals surface area contributed by atoms with Crippen LogP contribution in [0.15, 0.2) is 12.7 Å². The number of allylic oxidation sites excluding steroid dienone is 1. The first kappa shape index (κ1) is 35.8. The molecule has 0 aromatic rings. The highest BCUT2D eigenvalue weighted by Crippen LogP contribution is 2.49. The molecule has 2 unspecified atom stereocenters. The maximum atomic E-state index is 11.4. The van der Waals surface area contributed by atoms with Crippen molar-refractivity contribution in [2.45, 2.75) is 137 Å². The lowest BCUT2D eigenvalue weighted by molar-refractivity contribution is -0.142. The maximum absolute atomic E-state index is 11.4. The van der Waals surface area contributed by atoms with E-state index in [-0.39, 0.29) is 23.2 Å². The molecule has 5 nitrogen and oxygen atoms in total. The smallest absolute Gasteiger partial charge is 0.305 e. The second kappa shape index (κ2) is 13.7. The van der Waals surface area contributed by atoms with Crippen LogP contribution in [0.2, 0.25) is 50.4 Å². The molecule has 1 aliphatic carbocycles. The average molecular weight is 555 g/mol. The Morgan fingerprint density at radius 2 is 1.43 bits per heavy atom. The van der Waals surface area contributed by atoms with Gasteiger partial charge in [-0.05, 0) is 46.6 Å². The van der Waals surface area contributed by atoms with E-state index in [2.05, 4.69) is 73.6 Å². The highest BCUT2D eigenvalue weighted by Gasteiger charge is 2.43. The SMILES string of the molecule is C=CC(C)(C)CCC(=O)O.CC1(C)CCC(=O)CC1[Si](C)(C)C.CC1(C)CCOC(=O)CC1[Si](C)(C)C. The Labute approximate surface area is 230 Å². The van der Waals surface area contributed by atoms with Crippen LogP contribution in [-0.2, 0) is 19.1 Å². The largest absolute Gasteiger partial charge is 0.481 e. The number of Topliss-reactive ketones (excluding diaryl/α,β-unsaturated/α-hetero) is 1. The molecule has 1 aliphatic heterocycles. The molecule has 0 aromatic heterocycles. The zero-order valence-electron chi connectivity index (χ0n) is 26.2. The molecule has 0 spiro atoms. The van der Waals surface area contributed by atoms with Crippen molar-refractivity contribution in [3.63, 3.8) is 0 Å². The van der Waals surface area contributed by atoms with Crippen LogP contribution in [0.4, 0.5) is 0 Å². The van der Waals surface area contributed by atoms with Gasteiger partial charge in [0.05, 0.1) is 6.61 Å². The number of aliphatic carboxylic acids is 1. The molecule has 0 radical (unpaired) electrons. The van der Waals surface area contributed by atoms with Crippen LogP contribution >= 0.6 is 0 Å². The van der Waals surface area contributed by atoms with Crippen LogP contribution in [0.1, 0.15) is 86.5 Å². The van der Waals surface area contributed by atoms with Gasteiger partial charge in [-0.2, -0.15) is 0 Å². The van der Waals surface area contributed by atoms with E-state index in [0.29, 0.717) is 41.7 Å². The third-order valence-corrected chi connectivity index (χ3v) is 14.5. The predicted molar refractivity (Wildman–Crippen MR) is 162 cm³/mol. The third kappa shape index (κ3) is 13.4. The molecule has 0 amide bonds. The van der Waals surface area contributed by atoms with Gasteiger partial charge in [-0.3, -0.25) is 14.4 Å². The Kier molecular flexibility index (Phi) is 13.3. The quantitative estimate of drug-likeness (QED) is 0.202. The Morgan fingerprint density at radius 3 is 1.84 bits per heavy atom. The molecule has 1 saturated heterocycles. The van der Waals surface area contributed by atoms with Crippen molar-refractivity contribution in [2.75, 3.05) is 6.61 Å². The molecule has 2 fully saturated rings. The zero-order valence-corrected chi connectivity index (χ0v) is 28.2. The maximum Gasteiger partial charge on any atom is 0.305 e. The van der Waals surface area contributed by atoms with Gasteiger partial charge in [-0.15, -0.1) is 6.58 Å². The van der Waals surface area contributed by atoms with Crippen LogP contribution in [0, 0.1) is 16.2 Å². The summed E-state index contributed by atoms with van der Waals surface area (Å²) in [6.45, 7) is 31.6. The molecule has 0 bridgehead atoms. The molecule has 1 N–H and O–H groups in total. The zero-order chi connectivity index (χ0) is 29.5. The molecule has 1 heterocycles. The minimum Gasteiger partial charge on any atom is -0.481 e. The van der Waals surface area contributed by atoms with Crippen LogP contribution in [0.5, 0.6) is 0 Å². The summed E-state index contributed by atoms with van der Waals surface area (Å²) in [6, 6.07) is 0. The van der Waals surface area contributed by atoms with Crippen molar-refractivity contribution < 1.29 is 24.2 Å². The number of carbonyl (C=O) groups excluding carboxylic acids is 2. The van der Waals surface area contributed by atoms with E-state index in [1.54, 1.807) is 6.08 Å². The summed E-state index contributed by atoms with van der Waals surface area (Å²) >= 11 is 0. The summed E-state index contributed by atoms with van der Waals surface area (Å²) in [5, 5.41) is 8.34. The van der Waals surface area contributed by atoms with E-state index in [0.717, 1.165) is 25.7 Å². The second-order valence-corrected chi connectivity index (χ2v) is 26.2. The molecule has 0 aromatic carbocycles. The molecule has 1 saturated carbocycles. The van der Waals surface area contributed by atoms with Gasteiger partial charge in [0.25, 0.3) is 0 Å². The fourth-order valence-electron chi connectivity index (χ4n) is 5.83. The summed E-state index contributed by atoms with van der Waals surface area (Å²) in [6.07, 6.45) is 7.06. The van der Waals surface area contributed by atoms with E-state index in [1.807, 2.05) is 13.8 Å². The van der Waals surface area contributed by atoms with Crippen molar-refractivity contribution >= 4 is 33.9 Å².